The highest BCUT2D eigenvalue weighted by Gasteiger charge is 2.37. The van der Waals surface area contributed by atoms with Crippen molar-refractivity contribution >= 4 is 21.8 Å². The van der Waals surface area contributed by atoms with Crippen molar-refractivity contribution in [1.29, 1.82) is 0 Å². The molecule has 1 aliphatic rings. The Labute approximate surface area is 176 Å². The Hall–Kier alpha value is -2.75. The van der Waals surface area contributed by atoms with Crippen molar-refractivity contribution in [2.75, 3.05) is 0 Å². The summed E-state index contributed by atoms with van der Waals surface area (Å²) in [6, 6.07) is 8.57. The van der Waals surface area contributed by atoms with Gasteiger partial charge >= 0.3 is 6.18 Å². The van der Waals surface area contributed by atoms with Crippen LogP contribution in [0.4, 0.5) is 17.6 Å². The summed E-state index contributed by atoms with van der Waals surface area (Å²) in [5, 5.41) is 3.90. The molecule has 2 aromatic carbocycles. The minimum Gasteiger partial charge on any atom is -0.337 e. The smallest absolute Gasteiger partial charge is 0.337 e. The maximum absolute atomic E-state index is 13.4. The van der Waals surface area contributed by atoms with Gasteiger partial charge in [-0.2, -0.15) is 18.2 Å². The van der Waals surface area contributed by atoms with Crippen LogP contribution in [-0.2, 0) is 17.5 Å². The number of hydrogen-bond donors (Lipinski definition) is 0. The summed E-state index contributed by atoms with van der Waals surface area (Å²) in [4.78, 5) is 18.1. The highest BCUT2D eigenvalue weighted by atomic mass is 79.9. The molecule has 0 spiro atoms. The van der Waals surface area contributed by atoms with Gasteiger partial charge in [0.2, 0.25) is 17.6 Å². The highest BCUT2D eigenvalue weighted by Crippen LogP contribution is 2.35. The average Bonchev–Trinajstić information content (AvgIpc) is 3.31. The summed E-state index contributed by atoms with van der Waals surface area (Å²) in [6.45, 7) is -0.00672. The lowest BCUT2D eigenvalue weighted by Crippen LogP contribution is -2.27. The number of likely N-dealkylation sites (tertiary alicyclic amines) is 1. The zero-order valence-electron chi connectivity index (χ0n) is 15.3. The van der Waals surface area contributed by atoms with Gasteiger partial charge in [-0.15, -0.1) is 0 Å². The normalized spacial score (nSPS) is 17.0. The lowest BCUT2D eigenvalue weighted by Gasteiger charge is -2.22. The lowest BCUT2D eigenvalue weighted by atomic mass is 10.1. The van der Waals surface area contributed by atoms with Crippen molar-refractivity contribution in [3.63, 3.8) is 0 Å². The first-order chi connectivity index (χ1) is 14.2. The van der Waals surface area contributed by atoms with Crippen molar-refractivity contribution in [3.05, 3.63) is 69.8 Å². The van der Waals surface area contributed by atoms with E-state index in [2.05, 4.69) is 26.1 Å². The van der Waals surface area contributed by atoms with Crippen LogP contribution in [0.1, 0.15) is 35.9 Å². The van der Waals surface area contributed by atoms with Crippen LogP contribution in [0.2, 0.25) is 0 Å². The Kier molecular flexibility index (Phi) is 5.35. The molecule has 0 bridgehead atoms. The summed E-state index contributed by atoms with van der Waals surface area (Å²) in [6.07, 6.45) is -3.83. The van der Waals surface area contributed by atoms with Crippen molar-refractivity contribution in [1.82, 2.24) is 15.0 Å². The van der Waals surface area contributed by atoms with Gasteiger partial charge in [-0.25, -0.2) is 4.39 Å². The first-order valence-electron chi connectivity index (χ1n) is 8.97. The van der Waals surface area contributed by atoms with Crippen LogP contribution >= 0.6 is 15.9 Å². The summed E-state index contributed by atoms with van der Waals surface area (Å²) in [7, 11) is 0. The second-order valence-electron chi connectivity index (χ2n) is 6.86. The molecule has 1 unspecified atom stereocenters. The molecule has 0 radical (unpaired) electrons. The molecule has 2 heterocycles. The van der Waals surface area contributed by atoms with Crippen LogP contribution in [0.15, 0.2) is 51.5 Å². The van der Waals surface area contributed by atoms with E-state index in [0.29, 0.717) is 17.5 Å². The van der Waals surface area contributed by atoms with Gasteiger partial charge in [0.05, 0.1) is 10.0 Å². The van der Waals surface area contributed by atoms with Gasteiger partial charge in [0.25, 0.3) is 0 Å². The Morgan fingerprint density at radius 1 is 1.20 bits per heavy atom. The predicted octanol–water partition coefficient (Wildman–Crippen LogP) is 5.52. The molecule has 3 aromatic rings. The number of hydrogen-bond acceptors (Lipinski definition) is 4. The monoisotopic (exact) mass is 483 g/mol. The first-order valence-corrected chi connectivity index (χ1v) is 9.76. The molecule has 0 N–H and O–H groups in total. The Morgan fingerprint density at radius 3 is 2.73 bits per heavy atom. The van der Waals surface area contributed by atoms with Crippen molar-refractivity contribution < 1.29 is 26.9 Å². The lowest BCUT2D eigenvalue weighted by molar-refractivity contribution is -0.137. The third-order valence-corrected chi connectivity index (χ3v) is 5.45. The quantitative estimate of drug-likeness (QED) is 0.458. The number of alkyl halides is 3. The van der Waals surface area contributed by atoms with E-state index < -0.39 is 23.6 Å². The fraction of sp³-hybridized carbons (Fsp3) is 0.250. The Bertz CT molecular complexity index is 1100. The van der Waals surface area contributed by atoms with Crippen LogP contribution < -0.4 is 0 Å². The average molecular weight is 484 g/mol. The molecule has 30 heavy (non-hydrogen) atoms. The topological polar surface area (TPSA) is 59.2 Å². The van der Waals surface area contributed by atoms with Crippen molar-refractivity contribution in [2.24, 2.45) is 0 Å². The van der Waals surface area contributed by atoms with E-state index in [9.17, 15) is 22.4 Å². The zero-order valence-corrected chi connectivity index (χ0v) is 16.9. The minimum absolute atomic E-state index is 0.00672. The van der Waals surface area contributed by atoms with E-state index in [1.165, 1.54) is 35.2 Å². The summed E-state index contributed by atoms with van der Waals surface area (Å²) >= 11 is 3.10. The fourth-order valence-electron chi connectivity index (χ4n) is 3.35. The van der Waals surface area contributed by atoms with Gasteiger partial charge in [0, 0.05) is 18.5 Å². The maximum atomic E-state index is 13.4. The van der Waals surface area contributed by atoms with Gasteiger partial charge in [0.1, 0.15) is 11.9 Å². The summed E-state index contributed by atoms with van der Waals surface area (Å²) in [5.41, 5.74) is 0.101. The second-order valence-corrected chi connectivity index (χ2v) is 7.71. The van der Waals surface area contributed by atoms with Crippen molar-refractivity contribution in [3.8, 4) is 11.4 Å². The first kappa shape index (κ1) is 20.5. The predicted molar refractivity (Wildman–Crippen MR) is 101 cm³/mol. The van der Waals surface area contributed by atoms with Crippen LogP contribution in [0.3, 0.4) is 0 Å². The fourth-order valence-corrected chi connectivity index (χ4v) is 3.73. The molecule has 1 aliphatic heterocycles. The molecule has 156 valence electrons. The Morgan fingerprint density at radius 2 is 2.00 bits per heavy atom. The molecule has 0 saturated carbocycles. The molecule has 1 aromatic heterocycles. The molecule has 0 aliphatic carbocycles. The number of aromatic nitrogens is 2. The van der Waals surface area contributed by atoms with Gasteiger partial charge in [-0.3, -0.25) is 4.79 Å². The van der Waals surface area contributed by atoms with Gasteiger partial charge in [0.15, 0.2) is 0 Å². The number of amides is 1. The van der Waals surface area contributed by atoms with Crippen LogP contribution in [0.5, 0.6) is 0 Å². The number of carbonyl (C=O) groups is 1. The zero-order chi connectivity index (χ0) is 21.5. The SMILES string of the molecule is O=C1CCC(c2nc(-c3ccc(F)c(Br)c3)no2)N1Cc1cccc(C(F)(F)F)c1. The number of nitrogens with zero attached hydrogens (tertiary/aromatic N) is 3. The molecule has 10 heteroatoms. The van der Waals surface area contributed by atoms with E-state index in [0.717, 1.165) is 12.1 Å². The van der Waals surface area contributed by atoms with E-state index in [1.54, 1.807) is 0 Å². The minimum atomic E-state index is -4.46. The number of rotatable bonds is 4. The molecule has 1 fully saturated rings. The third kappa shape index (κ3) is 4.09. The number of carbonyl (C=O) groups excluding carboxylic acids is 1. The summed E-state index contributed by atoms with van der Waals surface area (Å²) < 4.78 is 57.9. The van der Waals surface area contributed by atoms with Crippen LogP contribution in [-0.4, -0.2) is 20.9 Å². The van der Waals surface area contributed by atoms with E-state index >= 15 is 0 Å². The van der Waals surface area contributed by atoms with E-state index in [4.69, 9.17) is 4.52 Å². The molecule has 1 atom stereocenters. The molecular formula is C20H14BrF4N3O2. The molecule has 1 saturated heterocycles. The van der Waals surface area contributed by atoms with Crippen molar-refractivity contribution in [2.45, 2.75) is 31.6 Å². The number of halogens is 5. The largest absolute Gasteiger partial charge is 0.416 e. The van der Waals surface area contributed by atoms with Crippen LogP contribution in [0, 0.1) is 5.82 Å². The maximum Gasteiger partial charge on any atom is 0.416 e. The van der Waals surface area contributed by atoms with E-state index in [-0.39, 0.29) is 35.1 Å². The molecule has 1 amide bonds. The van der Waals surface area contributed by atoms with Gasteiger partial charge < -0.3 is 9.42 Å². The molecular weight excluding hydrogens is 470 g/mol. The van der Waals surface area contributed by atoms with Gasteiger partial charge in [-0.05, 0) is 58.2 Å². The summed E-state index contributed by atoms with van der Waals surface area (Å²) in [5.74, 6) is -0.231. The number of benzene rings is 2. The van der Waals surface area contributed by atoms with Gasteiger partial charge in [-0.1, -0.05) is 17.3 Å². The standard InChI is InChI=1S/C20H14BrF4N3O2/c21-14-9-12(4-5-15(14)22)18-26-19(30-27-18)16-6-7-17(29)28(16)10-11-2-1-3-13(8-11)20(23,24)25/h1-5,8-9,16H,6-7,10H2. The van der Waals surface area contributed by atoms with E-state index in [1.807, 2.05) is 0 Å². The third-order valence-electron chi connectivity index (χ3n) is 4.84. The Balaban J connectivity index is 1.58. The second kappa shape index (κ2) is 7.82. The molecule has 5 nitrogen and oxygen atoms in total. The van der Waals surface area contributed by atoms with Crippen LogP contribution in [0.25, 0.3) is 11.4 Å². The highest BCUT2D eigenvalue weighted by molar-refractivity contribution is 9.10. The molecule has 4 rings (SSSR count).